The van der Waals surface area contributed by atoms with Crippen molar-refractivity contribution in [2.24, 2.45) is 0 Å². The van der Waals surface area contributed by atoms with Crippen LogP contribution in [0.2, 0.25) is 0 Å². The molecule has 0 amide bonds. The Morgan fingerprint density at radius 1 is 0.824 bits per heavy atom. The highest BCUT2D eigenvalue weighted by Crippen LogP contribution is 2.50. The SMILES string of the molecule is CCOCCN1/C(=C\C=C2/CCCC(/C=C/C3=[N+](CCOCC)c4cc(OC)c(OC)cc4C3(C)C)=C2Cl)C(C)(C)c2cc(OC)c(CO)cc21. The number of ether oxygens (including phenoxy) is 5. The first-order valence-corrected chi connectivity index (χ1v) is 18.5. The Hall–Kier alpha value is -3.56. The van der Waals surface area contributed by atoms with Crippen LogP contribution in [0.1, 0.15) is 77.5 Å². The molecule has 9 heteroatoms. The predicted molar refractivity (Wildman–Crippen MR) is 207 cm³/mol. The summed E-state index contributed by atoms with van der Waals surface area (Å²) in [5.74, 6) is 2.13. The lowest BCUT2D eigenvalue weighted by Crippen LogP contribution is -2.29. The van der Waals surface area contributed by atoms with Crippen molar-refractivity contribution >= 4 is 28.7 Å². The van der Waals surface area contributed by atoms with Crippen LogP contribution in [-0.4, -0.2) is 76.2 Å². The summed E-state index contributed by atoms with van der Waals surface area (Å²) in [4.78, 5) is 2.32. The van der Waals surface area contributed by atoms with Crippen LogP contribution in [0.25, 0.3) is 0 Å². The van der Waals surface area contributed by atoms with E-state index in [1.54, 1.807) is 21.3 Å². The monoisotopic (exact) mass is 719 g/mol. The van der Waals surface area contributed by atoms with E-state index in [9.17, 15) is 5.11 Å². The van der Waals surface area contributed by atoms with Gasteiger partial charge in [-0.25, -0.2) is 0 Å². The third-order valence-electron chi connectivity index (χ3n) is 10.5. The standard InChI is InChI=1S/C42H56ClN2O6/c1-10-50-21-19-44-33-23-30(27-46)35(47-7)24-31(33)41(3,4)38(44)17-15-28-13-12-14-29(40(28)43)16-18-39-42(5,6)32-25-36(48-8)37(49-9)26-34(32)45(39)20-22-51-11-2/h15-18,23-26,46H,10-14,19-22,27H2,1-9H3/q+1. The fourth-order valence-electron chi connectivity index (χ4n) is 7.70. The molecule has 1 N–H and O–H groups in total. The second-order valence-electron chi connectivity index (χ2n) is 14.2. The maximum absolute atomic E-state index is 10.1. The maximum atomic E-state index is 10.1. The number of hydrogen-bond donors (Lipinski definition) is 1. The molecule has 0 aromatic heterocycles. The minimum atomic E-state index is -0.302. The Labute approximate surface area is 309 Å². The third-order valence-corrected chi connectivity index (χ3v) is 11.0. The van der Waals surface area contributed by atoms with Crippen molar-refractivity contribution in [3.63, 3.8) is 0 Å². The van der Waals surface area contributed by atoms with Crippen LogP contribution < -0.4 is 19.1 Å². The van der Waals surface area contributed by atoms with Crippen LogP contribution >= 0.6 is 11.6 Å². The molecule has 0 bridgehead atoms. The van der Waals surface area contributed by atoms with Gasteiger partial charge in [0.05, 0.1) is 46.0 Å². The summed E-state index contributed by atoms with van der Waals surface area (Å²) in [7, 11) is 5.00. The fraction of sp³-hybridized carbons (Fsp3) is 0.500. The van der Waals surface area contributed by atoms with Crippen molar-refractivity contribution in [3.05, 3.63) is 87.1 Å². The molecule has 0 saturated carbocycles. The fourth-order valence-corrected chi connectivity index (χ4v) is 8.01. The van der Waals surface area contributed by atoms with E-state index in [2.05, 4.69) is 85.7 Å². The molecule has 51 heavy (non-hydrogen) atoms. The molecule has 0 fully saturated rings. The lowest BCUT2D eigenvalue weighted by Gasteiger charge is -2.27. The van der Waals surface area contributed by atoms with Gasteiger partial charge in [-0.05, 0) is 87.9 Å². The van der Waals surface area contributed by atoms with Gasteiger partial charge in [-0.15, -0.1) is 0 Å². The Balaban J connectivity index is 1.53. The summed E-state index contributed by atoms with van der Waals surface area (Å²) in [5, 5.41) is 10.9. The molecule has 5 rings (SSSR count). The molecule has 0 spiro atoms. The van der Waals surface area contributed by atoms with Crippen LogP contribution in [0, 0.1) is 0 Å². The number of nitrogens with zero attached hydrogens (tertiary/aromatic N) is 2. The second-order valence-corrected chi connectivity index (χ2v) is 14.5. The average Bonchev–Trinajstić information content (AvgIpc) is 3.46. The van der Waals surface area contributed by atoms with Gasteiger partial charge in [-0.1, -0.05) is 37.6 Å². The first kappa shape index (κ1) is 38.7. The molecule has 0 unspecified atom stereocenters. The van der Waals surface area contributed by atoms with Gasteiger partial charge in [0, 0.05) is 58.8 Å². The van der Waals surface area contributed by atoms with Gasteiger partial charge < -0.3 is 33.7 Å². The van der Waals surface area contributed by atoms with E-state index in [1.807, 2.05) is 13.8 Å². The van der Waals surface area contributed by atoms with E-state index in [0.29, 0.717) is 51.0 Å². The van der Waals surface area contributed by atoms with Crippen molar-refractivity contribution in [3.8, 4) is 17.2 Å². The maximum Gasteiger partial charge on any atom is 0.213 e. The molecule has 1 aliphatic carbocycles. The summed E-state index contributed by atoms with van der Waals surface area (Å²) in [6.45, 7) is 16.9. The zero-order chi connectivity index (χ0) is 36.9. The smallest absolute Gasteiger partial charge is 0.213 e. The zero-order valence-corrected chi connectivity index (χ0v) is 32.7. The molecule has 276 valence electrons. The van der Waals surface area contributed by atoms with Crippen molar-refractivity contribution < 1.29 is 33.4 Å². The highest BCUT2D eigenvalue weighted by molar-refractivity contribution is 6.32. The minimum Gasteiger partial charge on any atom is -0.496 e. The Morgan fingerprint density at radius 3 is 2.16 bits per heavy atom. The number of allylic oxidation sites excluding steroid dienone is 8. The molecular formula is C42H56ClN2O6+. The summed E-state index contributed by atoms with van der Waals surface area (Å²) < 4.78 is 31.0. The van der Waals surface area contributed by atoms with Gasteiger partial charge in [-0.3, -0.25) is 0 Å². The first-order chi connectivity index (χ1) is 24.5. The van der Waals surface area contributed by atoms with Crippen LogP contribution in [-0.2, 0) is 26.9 Å². The summed E-state index contributed by atoms with van der Waals surface area (Å²) in [6.07, 6.45) is 11.7. The highest BCUT2D eigenvalue weighted by atomic mass is 35.5. The molecule has 2 heterocycles. The average molecular weight is 720 g/mol. The number of anilines is 1. The molecule has 8 nitrogen and oxygen atoms in total. The lowest BCUT2D eigenvalue weighted by molar-refractivity contribution is -0.442. The summed E-state index contributed by atoms with van der Waals surface area (Å²) in [6, 6.07) is 8.30. The largest absolute Gasteiger partial charge is 0.496 e. The summed E-state index contributed by atoms with van der Waals surface area (Å²) in [5.41, 5.74) is 9.30. The number of methoxy groups -OCH3 is 3. The van der Waals surface area contributed by atoms with Gasteiger partial charge >= 0.3 is 0 Å². The Morgan fingerprint density at radius 2 is 1.49 bits per heavy atom. The number of aliphatic hydroxyl groups is 1. The molecule has 2 aliphatic heterocycles. The van der Waals surface area contributed by atoms with Crippen LogP contribution in [0.3, 0.4) is 0 Å². The van der Waals surface area contributed by atoms with Crippen molar-refractivity contribution in [2.75, 3.05) is 65.7 Å². The Bertz CT molecular complexity index is 1770. The van der Waals surface area contributed by atoms with E-state index in [4.69, 9.17) is 35.3 Å². The summed E-state index contributed by atoms with van der Waals surface area (Å²) >= 11 is 7.25. The Kier molecular flexibility index (Phi) is 12.4. The molecular weight excluding hydrogens is 664 g/mol. The molecule has 2 aromatic carbocycles. The molecule has 0 radical (unpaired) electrons. The highest BCUT2D eigenvalue weighted by Gasteiger charge is 2.45. The van der Waals surface area contributed by atoms with Gasteiger partial charge in [0.15, 0.2) is 23.8 Å². The topological polar surface area (TPSA) is 72.6 Å². The molecule has 0 atom stereocenters. The second kappa shape index (κ2) is 16.4. The van der Waals surface area contributed by atoms with Crippen LogP contribution in [0.15, 0.2) is 70.4 Å². The number of fused-ring (bicyclic) bond motifs is 2. The van der Waals surface area contributed by atoms with Gasteiger partial charge in [0.25, 0.3) is 0 Å². The molecule has 2 aromatic rings. The van der Waals surface area contributed by atoms with Crippen molar-refractivity contribution in [2.45, 2.75) is 78.2 Å². The van der Waals surface area contributed by atoms with E-state index in [0.717, 1.165) is 69.4 Å². The minimum absolute atomic E-state index is 0.0922. The number of aliphatic hydroxyl groups excluding tert-OH is 1. The first-order valence-electron chi connectivity index (χ1n) is 18.1. The number of hydrogen-bond acceptors (Lipinski definition) is 7. The van der Waals surface area contributed by atoms with Gasteiger partial charge in [0.1, 0.15) is 12.4 Å². The van der Waals surface area contributed by atoms with E-state index < -0.39 is 0 Å². The van der Waals surface area contributed by atoms with Crippen LogP contribution in [0.4, 0.5) is 11.4 Å². The van der Waals surface area contributed by atoms with E-state index in [1.165, 1.54) is 11.3 Å². The number of halogens is 1. The third kappa shape index (κ3) is 7.52. The number of rotatable bonds is 15. The lowest BCUT2D eigenvalue weighted by atomic mass is 9.81. The molecule has 3 aliphatic rings. The van der Waals surface area contributed by atoms with E-state index in [-0.39, 0.29) is 17.4 Å². The van der Waals surface area contributed by atoms with Crippen molar-refractivity contribution in [1.29, 1.82) is 0 Å². The quantitative estimate of drug-likeness (QED) is 0.146. The van der Waals surface area contributed by atoms with Crippen molar-refractivity contribution in [1.82, 2.24) is 0 Å². The molecule has 0 saturated heterocycles. The van der Waals surface area contributed by atoms with Crippen LogP contribution in [0.5, 0.6) is 17.2 Å². The van der Waals surface area contributed by atoms with Gasteiger partial charge in [0.2, 0.25) is 5.69 Å². The zero-order valence-electron chi connectivity index (χ0n) is 32.0. The normalized spacial score (nSPS) is 19.5. The van der Waals surface area contributed by atoms with Gasteiger partial charge in [-0.2, -0.15) is 4.58 Å². The van der Waals surface area contributed by atoms with E-state index >= 15 is 0 Å². The number of benzene rings is 2. The predicted octanol–water partition coefficient (Wildman–Crippen LogP) is 8.50.